The largest absolute Gasteiger partial charge is 0.503 e. The SMILES string of the molecule is Cc1ccc(-c2ncnc(Nc3ccc(C)c(CN)c3)c2O)cc1. The summed E-state index contributed by atoms with van der Waals surface area (Å²) in [5.74, 6) is 0.392. The third-order valence-electron chi connectivity index (χ3n) is 3.98. The van der Waals surface area contributed by atoms with Crippen molar-refractivity contribution in [3.63, 3.8) is 0 Å². The van der Waals surface area contributed by atoms with Crippen molar-refractivity contribution < 1.29 is 5.11 Å². The summed E-state index contributed by atoms with van der Waals surface area (Å²) in [4.78, 5) is 8.36. The van der Waals surface area contributed by atoms with Crippen LogP contribution < -0.4 is 11.1 Å². The first-order chi connectivity index (χ1) is 11.6. The van der Waals surface area contributed by atoms with Crippen LogP contribution in [0.3, 0.4) is 0 Å². The van der Waals surface area contributed by atoms with Gasteiger partial charge < -0.3 is 16.2 Å². The molecule has 0 aliphatic rings. The van der Waals surface area contributed by atoms with E-state index >= 15 is 0 Å². The van der Waals surface area contributed by atoms with E-state index in [0.717, 1.165) is 27.9 Å². The van der Waals surface area contributed by atoms with Gasteiger partial charge in [0.1, 0.15) is 12.0 Å². The fraction of sp³-hybridized carbons (Fsp3) is 0.158. The summed E-state index contributed by atoms with van der Waals surface area (Å²) >= 11 is 0. The Hall–Kier alpha value is -2.92. The molecule has 0 aliphatic heterocycles. The van der Waals surface area contributed by atoms with Crippen LogP contribution in [0.4, 0.5) is 11.5 Å². The first-order valence-corrected chi connectivity index (χ1v) is 7.76. The van der Waals surface area contributed by atoms with E-state index < -0.39 is 0 Å². The van der Waals surface area contributed by atoms with Gasteiger partial charge >= 0.3 is 0 Å². The van der Waals surface area contributed by atoms with Gasteiger partial charge in [-0.15, -0.1) is 0 Å². The topological polar surface area (TPSA) is 84.1 Å². The molecule has 0 amide bonds. The second kappa shape index (κ2) is 6.68. The highest BCUT2D eigenvalue weighted by Gasteiger charge is 2.12. The normalized spacial score (nSPS) is 10.6. The van der Waals surface area contributed by atoms with E-state index in [2.05, 4.69) is 15.3 Å². The van der Waals surface area contributed by atoms with Gasteiger partial charge in [-0.1, -0.05) is 35.9 Å². The fourth-order valence-corrected chi connectivity index (χ4v) is 2.50. The molecule has 0 aliphatic carbocycles. The van der Waals surface area contributed by atoms with E-state index in [1.54, 1.807) is 0 Å². The van der Waals surface area contributed by atoms with E-state index in [0.29, 0.717) is 18.1 Å². The highest BCUT2D eigenvalue weighted by molar-refractivity contribution is 5.74. The molecule has 0 saturated heterocycles. The molecule has 4 N–H and O–H groups in total. The maximum absolute atomic E-state index is 10.5. The number of benzene rings is 2. The fourth-order valence-electron chi connectivity index (χ4n) is 2.50. The van der Waals surface area contributed by atoms with Crippen molar-refractivity contribution in [3.8, 4) is 17.0 Å². The second-order valence-corrected chi connectivity index (χ2v) is 5.76. The number of aryl methyl sites for hydroxylation is 2. The van der Waals surface area contributed by atoms with Gasteiger partial charge in [0.05, 0.1) is 0 Å². The molecule has 1 aromatic heterocycles. The summed E-state index contributed by atoms with van der Waals surface area (Å²) in [6, 6.07) is 13.7. The highest BCUT2D eigenvalue weighted by atomic mass is 16.3. The molecule has 3 rings (SSSR count). The minimum absolute atomic E-state index is 0.0243. The van der Waals surface area contributed by atoms with Crippen LogP contribution in [0.25, 0.3) is 11.3 Å². The van der Waals surface area contributed by atoms with E-state index in [1.807, 2.05) is 56.3 Å². The van der Waals surface area contributed by atoms with Crippen molar-refractivity contribution in [2.75, 3.05) is 5.32 Å². The molecule has 0 saturated carbocycles. The summed E-state index contributed by atoms with van der Waals surface area (Å²) < 4.78 is 0. The Kier molecular flexibility index (Phi) is 4.44. The van der Waals surface area contributed by atoms with Crippen LogP contribution in [-0.2, 0) is 6.54 Å². The summed E-state index contributed by atoms with van der Waals surface area (Å²) in [6.45, 7) is 4.50. The lowest BCUT2D eigenvalue weighted by atomic mass is 10.1. The first-order valence-electron chi connectivity index (χ1n) is 7.76. The van der Waals surface area contributed by atoms with Crippen LogP contribution in [-0.4, -0.2) is 15.1 Å². The Labute approximate surface area is 141 Å². The molecule has 0 unspecified atom stereocenters. The molecule has 122 valence electrons. The molecule has 24 heavy (non-hydrogen) atoms. The molecular formula is C19H20N4O. The van der Waals surface area contributed by atoms with Crippen LogP contribution >= 0.6 is 0 Å². The lowest BCUT2D eigenvalue weighted by molar-refractivity contribution is 0.475. The van der Waals surface area contributed by atoms with E-state index in [-0.39, 0.29) is 5.75 Å². The molecule has 3 aromatic rings. The van der Waals surface area contributed by atoms with Crippen LogP contribution in [0, 0.1) is 13.8 Å². The Morgan fingerprint density at radius 2 is 1.79 bits per heavy atom. The van der Waals surface area contributed by atoms with Crippen molar-refractivity contribution in [2.24, 2.45) is 5.73 Å². The molecular weight excluding hydrogens is 300 g/mol. The molecule has 2 aromatic carbocycles. The number of aromatic hydroxyl groups is 1. The zero-order valence-corrected chi connectivity index (χ0v) is 13.7. The zero-order chi connectivity index (χ0) is 17.1. The number of hydrogen-bond acceptors (Lipinski definition) is 5. The van der Waals surface area contributed by atoms with Gasteiger partial charge in [-0.3, -0.25) is 0 Å². The van der Waals surface area contributed by atoms with Crippen molar-refractivity contribution >= 4 is 11.5 Å². The number of rotatable bonds is 4. The average molecular weight is 320 g/mol. The second-order valence-electron chi connectivity index (χ2n) is 5.76. The lowest BCUT2D eigenvalue weighted by Gasteiger charge is -2.12. The molecule has 0 spiro atoms. The third kappa shape index (κ3) is 3.21. The van der Waals surface area contributed by atoms with E-state index in [4.69, 9.17) is 5.73 Å². The van der Waals surface area contributed by atoms with Crippen LogP contribution in [0.15, 0.2) is 48.8 Å². The van der Waals surface area contributed by atoms with Crippen molar-refractivity contribution in [2.45, 2.75) is 20.4 Å². The predicted molar refractivity (Wildman–Crippen MR) is 96.2 cm³/mol. The standard InChI is InChI=1S/C19H20N4O/c1-12-3-6-14(7-4-12)17-18(24)19(22-11-21-17)23-16-8-5-13(2)15(9-16)10-20/h3-9,11,24H,10,20H2,1-2H3,(H,21,22,23). The monoisotopic (exact) mass is 320 g/mol. The number of anilines is 2. The van der Waals surface area contributed by atoms with Gasteiger partial charge in [-0.2, -0.15) is 0 Å². The molecule has 1 heterocycles. The molecule has 0 bridgehead atoms. The summed E-state index contributed by atoms with van der Waals surface area (Å²) in [6.07, 6.45) is 1.44. The molecule has 0 fully saturated rings. The summed E-state index contributed by atoms with van der Waals surface area (Å²) in [5, 5.41) is 13.7. The molecule has 5 heteroatoms. The minimum Gasteiger partial charge on any atom is -0.503 e. The smallest absolute Gasteiger partial charge is 0.185 e. The zero-order valence-electron chi connectivity index (χ0n) is 13.7. The van der Waals surface area contributed by atoms with Gasteiger partial charge in [-0.25, -0.2) is 9.97 Å². The van der Waals surface area contributed by atoms with Gasteiger partial charge in [0.15, 0.2) is 11.6 Å². The van der Waals surface area contributed by atoms with Crippen LogP contribution in [0.1, 0.15) is 16.7 Å². The number of nitrogens with two attached hydrogens (primary N) is 1. The van der Waals surface area contributed by atoms with Gasteiger partial charge in [0.2, 0.25) is 0 Å². The molecule has 0 radical (unpaired) electrons. The maximum atomic E-state index is 10.5. The van der Waals surface area contributed by atoms with Crippen molar-refractivity contribution in [1.29, 1.82) is 0 Å². The van der Waals surface area contributed by atoms with Crippen LogP contribution in [0.2, 0.25) is 0 Å². The third-order valence-corrected chi connectivity index (χ3v) is 3.98. The molecule has 0 atom stereocenters. The Bertz CT molecular complexity index is 860. The predicted octanol–water partition coefficient (Wildman–Crippen LogP) is 3.67. The maximum Gasteiger partial charge on any atom is 0.185 e. The van der Waals surface area contributed by atoms with Gasteiger partial charge in [-0.05, 0) is 37.1 Å². The summed E-state index contributed by atoms with van der Waals surface area (Å²) in [7, 11) is 0. The van der Waals surface area contributed by atoms with Crippen molar-refractivity contribution in [3.05, 3.63) is 65.5 Å². The van der Waals surface area contributed by atoms with Gasteiger partial charge in [0.25, 0.3) is 0 Å². The summed E-state index contributed by atoms with van der Waals surface area (Å²) in [5.41, 5.74) is 11.3. The Morgan fingerprint density at radius 1 is 1.04 bits per heavy atom. The Morgan fingerprint density at radius 3 is 2.50 bits per heavy atom. The number of aromatic nitrogens is 2. The van der Waals surface area contributed by atoms with Crippen molar-refractivity contribution in [1.82, 2.24) is 9.97 Å². The van der Waals surface area contributed by atoms with Gasteiger partial charge in [0, 0.05) is 17.8 Å². The quantitative estimate of drug-likeness (QED) is 0.683. The Balaban J connectivity index is 1.95. The first kappa shape index (κ1) is 16.0. The minimum atomic E-state index is 0.0243. The van der Waals surface area contributed by atoms with Crippen LogP contribution in [0.5, 0.6) is 5.75 Å². The lowest BCUT2D eigenvalue weighted by Crippen LogP contribution is -2.02. The number of nitrogens with zero attached hydrogens (tertiary/aromatic N) is 2. The highest BCUT2D eigenvalue weighted by Crippen LogP contribution is 2.33. The van der Waals surface area contributed by atoms with E-state index in [9.17, 15) is 5.11 Å². The molecule has 5 nitrogen and oxygen atoms in total. The average Bonchev–Trinajstić information content (AvgIpc) is 2.59. The number of hydrogen-bond donors (Lipinski definition) is 3. The number of nitrogens with one attached hydrogen (secondary N) is 1. The van der Waals surface area contributed by atoms with E-state index in [1.165, 1.54) is 6.33 Å².